The number of unbranched alkanes of at least 4 members (excludes halogenated alkanes) is 2. The second kappa shape index (κ2) is 7.39. The van der Waals surface area contributed by atoms with Crippen LogP contribution in [0.15, 0.2) is 0 Å². The highest BCUT2D eigenvalue weighted by Crippen LogP contribution is 2.12. The van der Waals surface area contributed by atoms with E-state index in [2.05, 4.69) is 6.92 Å². The lowest BCUT2D eigenvalue weighted by atomic mass is 10.3. The minimum absolute atomic E-state index is 0.725. The Morgan fingerprint density at radius 2 is 2.12 bits per heavy atom. The van der Waals surface area contributed by atoms with Crippen molar-refractivity contribution in [3.05, 3.63) is 0 Å². The Balaban J connectivity index is 2.53. The molecule has 0 aromatic rings. The highest BCUT2D eigenvalue weighted by atomic mass is 31.1. The average molecular weight is 134 g/mol. The smallest absolute Gasteiger partial charge is 0.0394 e. The van der Waals surface area contributed by atoms with Gasteiger partial charge in [-0.1, -0.05) is 19.8 Å². The van der Waals surface area contributed by atoms with E-state index in [-0.39, 0.29) is 0 Å². The predicted molar refractivity (Wildman–Crippen MR) is 39.7 cm³/mol. The molecule has 0 aliphatic heterocycles. The summed E-state index contributed by atoms with van der Waals surface area (Å²) in [5.74, 6) is 0. The molecule has 1 atom stereocenters. The molecule has 0 aromatic heterocycles. The van der Waals surface area contributed by atoms with Crippen molar-refractivity contribution in [2.45, 2.75) is 26.2 Å². The normalized spacial score (nSPS) is 11.2. The zero-order chi connectivity index (χ0) is 6.24. The lowest BCUT2D eigenvalue weighted by Gasteiger charge is -1.95. The van der Waals surface area contributed by atoms with E-state index in [4.69, 9.17) is 4.52 Å². The van der Waals surface area contributed by atoms with Gasteiger partial charge in [0, 0.05) is 15.9 Å². The van der Waals surface area contributed by atoms with Gasteiger partial charge in [-0.2, -0.15) is 0 Å². The van der Waals surface area contributed by atoms with E-state index in [9.17, 15) is 0 Å². The largest absolute Gasteiger partial charge is 0.366 e. The van der Waals surface area contributed by atoms with E-state index in [1.807, 2.05) is 0 Å². The van der Waals surface area contributed by atoms with Crippen molar-refractivity contribution >= 4 is 8.81 Å². The van der Waals surface area contributed by atoms with Crippen LogP contribution in [0.4, 0.5) is 0 Å². The average Bonchev–Trinajstić information content (AvgIpc) is 1.81. The third kappa shape index (κ3) is 6.39. The molecule has 0 heterocycles. The van der Waals surface area contributed by atoms with E-state index in [1.54, 1.807) is 7.11 Å². The summed E-state index contributed by atoms with van der Waals surface area (Å²) >= 11 is 0. The Bertz CT molecular complexity index is 33.5. The van der Waals surface area contributed by atoms with Crippen molar-refractivity contribution in [2.75, 3.05) is 13.3 Å². The second-order valence-corrected chi connectivity index (χ2v) is 3.00. The zero-order valence-electron chi connectivity index (χ0n) is 5.74. The van der Waals surface area contributed by atoms with Gasteiger partial charge < -0.3 is 4.52 Å². The van der Waals surface area contributed by atoms with Crippen LogP contribution in [0, 0.1) is 0 Å². The quantitative estimate of drug-likeness (QED) is 0.414. The monoisotopic (exact) mass is 134 g/mol. The SMILES string of the molecule is CCCCCPOC. The predicted octanol–water partition coefficient (Wildman–Crippen LogP) is 2.42. The Morgan fingerprint density at radius 3 is 2.62 bits per heavy atom. The van der Waals surface area contributed by atoms with Crippen LogP contribution in [0.1, 0.15) is 26.2 Å². The first-order valence-electron chi connectivity index (χ1n) is 3.17. The van der Waals surface area contributed by atoms with Crippen molar-refractivity contribution in [3.8, 4) is 0 Å². The molecule has 1 nitrogen and oxygen atoms in total. The molecule has 0 aliphatic carbocycles. The second-order valence-electron chi connectivity index (χ2n) is 1.81. The van der Waals surface area contributed by atoms with Crippen LogP contribution in [0.2, 0.25) is 0 Å². The summed E-state index contributed by atoms with van der Waals surface area (Å²) in [5, 5.41) is 0. The van der Waals surface area contributed by atoms with Gasteiger partial charge in [-0.25, -0.2) is 0 Å². The molecule has 0 radical (unpaired) electrons. The van der Waals surface area contributed by atoms with E-state index >= 15 is 0 Å². The zero-order valence-corrected chi connectivity index (χ0v) is 6.74. The Kier molecular flexibility index (Phi) is 7.75. The molecular weight excluding hydrogens is 119 g/mol. The van der Waals surface area contributed by atoms with Gasteiger partial charge in [0.1, 0.15) is 0 Å². The molecule has 0 saturated carbocycles. The van der Waals surface area contributed by atoms with Crippen LogP contribution in [0.25, 0.3) is 0 Å². The molecule has 1 unspecified atom stereocenters. The van der Waals surface area contributed by atoms with Crippen molar-refractivity contribution in [1.82, 2.24) is 0 Å². The molecular formula is C6H15OP. The number of hydrogen-bond donors (Lipinski definition) is 0. The third-order valence-electron chi connectivity index (χ3n) is 1.03. The van der Waals surface area contributed by atoms with Gasteiger partial charge in [0.15, 0.2) is 0 Å². The molecule has 0 rings (SSSR count). The van der Waals surface area contributed by atoms with Crippen LogP contribution < -0.4 is 0 Å². The van der Waals surface area contributed by atoms with Gasteiger partial charge in [-0.05, 0) is 12.6 Å². The van der Waals surface area contributed by atoms with E-state index in [0.29, 0.717) is 0 Å². The Morgan fingerprint density at radius 1 is 1.38 bits per heavy atom. The summed E-state index contributed by atoms with van der Waals surface area (Å²) in [6.07, 6.45) is 5.26. The molecule has 0 saturated heterocycles. The fourth-order valence-electron chi connectivity index (χ4n) is 0.549. The number of rotatable bonds is 5. The van der Waals surface area contributed by atoms with Gasteiger partial charge in [-0.15, -0.1) is 0 Å². The Labute approximate surface area is 53.7 Å². The fraction of sp³-hybridized carbons (Fsp3) is 1.00. The summed E-state index contributed by atoms with van der Waals surface area (Å²) in [6.45, 7) is 2.22. The minimum atomic E-state index is 0.725. The van der Waals surface area contributed by atoms with Crippen molar-refractivity contribution in [1.29, 1.82) is 0 Å². The molecule has 0 bridgehead atoms. The first-order chi connectivity index (χ1) is 3.91. The van der Waals surface area contributed by atoms with E-state index in [0.717, 1.165) is 8.81 Å². The lowest BCUT2D eigenvalue weighted by molar-refractivity contribution is 0.474. The molecule has 8 heavy (non-hydrogen) atoms. The van der Waals surface area contributed by atoms with Gasteiger partial charge in [0.05, 0.1) is 0 Å². The molecule has 0 N–H and O–H groups in total. The van der Waals surface area contributed by atoms with E-state index < -0.39 is 0 Å². The molecule has 50 valence electrons. The lowest BCUT2D eigenvalue weighted by Crippen LogP contribution is -1.76. The fourth-order valence-corrected chi connectivity index (χ4v) is 1.15. The number of hydrogen-bond acceptors (Lipinski definition) is 1. The maximum atomic E-state index is 4.92. The van der Waals surface area contributed by atoms with E-state index in [1.165, 1.54) is 25.4 Å². The summed E-state index contributed by atoms with van der Waals surface area (Å²) in [5.41, 5.74) is 0. The third-order valence-corrected chi connectivity index (χ3v) is 1.87. The van der Waals surface area contributed by atoms with Gasteiger partial charge >= 0.3 is 0 Å². The molecule has 0 amide bonds. The van der Waals surface area contributed by atoms with Crippen LogP contribution >= 0.6 is 8.81 Å². The van der Waals surface area contributed by atoms with Gasteiger partial charge in [-0.3, -0.25) is 0 Å². The van der Waals surface area contributed by atoms with Crippen molar-refractivity contribution in [2.24, 2.45) is 0 Å². The van der Waals surface area contributed by atoms with Crippen LogP contribution in [0.3, 0.4) is 0 Å². The van der Waals surface area contributed by atoms with Crippen LogP contribution in [-0.2, 0) is 4.52 Å². The maximum Gasteiger partial charge on any atom is 0.0394 e. The Hall–Kier alpha value is 0.390. The van der Waals surface area contributed by atoms with Crippen LogP contribution in [0.5, 0.6) is 0 Å². The van der Waals surface area contributed by atoms with Crippen molar-refractivity contribution < 1.29 is 4.52 Å². The standard InChI is InChI=1S/C6H15OP/c1-3-4-5-6-8-7-2/h8H,3-6H2,1-2H3. The topological polar surface area (TPSA) is 9.23 Å². The summed E-state index contributed by atoms with van der Waals surface area (Å²) in [6, 6.07) is 0. The van der Waals surface area contributed by atoms with Gasteiger partial charge in [0.25, 0.3) is 0 Å². The molecule has 2 heteroatoms. The summed E-state index contributed by atoms with van der Waals surface area (Å²) < 4.78 is 4.92. The highest BCUT2D eigenvalue weighted by molar-refractivity contribution is 7.32. The van der Waals surface area contributed by atoms with Crippen molar-refractivity contribution in [3.63, 3.8) is 0 Å². The molecule has 0 spiro atoms. The molecule has 0 aromatic carbocycles. The molecule has 0 aliphatic rings. The minimum Gasteiger partial charge on any atom is -0.366 e. The first-order valence-corrected chi connectivity index (χ1v) is 4.29. The summed E-state index contributed by atoms with van der Waals surface area (Å²) in [4.78, 5) is 0. The van der Waals surface area contributed by atoms with Gasteiger partial charge in [0.2, 0.25) is 0 Å². The highest BCUT2D eigenvalue weighted by Gasteiger charge is 1.83. The van der Waals surface area contributed by atoms with Crippen LogP contribution in [-0.4, -0.2) is 13.3 Å². The first kappa shape index (κ1) is 8.39. The molecule has 0 fully saturated rings. The maximum absolute atomic E-state index is 4.92. The summed E-state index contributed by atoms with van der Waals surface area (Å²) in [7, 11) is 2.49.